The van der Waals surface area contributed by atoms with Crippen LogP contribution in [-0.2, 0) is 9.57 Å². The van der Waals surface area contributed by atoms with Crippen LogP contribution in [0.1, 0.15) is 33.6 Å². The van der Waals surface area contributed by atoms with Gasteiger partial charge in [0.25, 0.3) is 0 Å². The number of nitrogens with zero attached hydrogens (tertiary/aromatic N) is 1. The maximum absolute atomic E-state index is 14.2. The van der Waals surface area contributed by atoms with Crippen LogP contribution in [0.25, 0.3) is 0 Å². The quantitative estimate of drug-likeness (QED) is 0.0883. The molecule has 0 aliphatic heterocycles. The number of rotatable bonds is 13. The Hall–Kier alpha value is -2.39. The molecule has 1 aromatic carbocycles. The molecule has 0 atom stereocenters. The normalized spacial score (nSPS) is 14.9. The van der Waals surface area contributed by atoms with Crippen molar-refractivity contribution in [2.45, 2.75) is 91.7 Å². The standard InChI is InChI=1S/C23H22F17NO3S/c1-15(2,3)44-14(42)41(12-8-5-6-9-13(12)45-4)43-11-7-10-16(24,25)17(26,27)18(28,29)19(30,31)20(32,33)21(34,35)22(36,37)23(38,39)40/h5-6,8-9H,7,10-11H2,1-4H3. The van der Waals surface area contributed by atoms with Crippen LogP contribution in [0.4, 0.5) is 85.1 Å². The number of hydroxylamine groups is 1. The Labute approximate surface area is 247 Å². The first-order chi connectivity index (χ1) is 19.8. The third-order valence-corrected chi connectivity index (χ3v) is 6.29. The number of alkyl halides is 17. The number of hydrogen-bond acceptors (Lipinski definition) is 4. The van der Waals surface area contributed by atoms with Crippen LogP contribution >= 0.6 is 11.8 Å². The van der Waals surface area contributed by atoms with Gasteiger partial charge >= 0.3 is 53.7 Å². The molecule has 0 spiro atoms. The van der Waals surface area contributed by atoms with Crippen LogP contribution in [0.2, 0.25) is 0 Å². The van der Waals surface area contributed by atoms with Crippen molar-refractivity contribution in [2.75, 3.05) is 17.9 Å². The molecule has 1 amide bonds. The lowest BCUT2D eigenvalue weighted by Gasteiger charge is -2.42. The Kier molecular flexibility index (Phi) is 11.4. The SMILES string of the molecule is CSc1ccccc1N(OCCCC(F)(F)C(F)(F)C(F)(F)C(F)(F)C(F)(F)C(F)(F)C(F)(F)C(F)(F)F)C(=O)OC(C)(C)C. The van der Waals surface area contributed by atoms with Crippen molar-refractivity contribution in [3.05, 3.63) is 24.3 Å². The second-order valence-corrected chi connectivity index (χ2v) is 10.9. The maximum Gasteiger partial charge on any atom is 0.460 e. The van der Waals surface area contributed by atoms with Crippen molar-refractivity contribution in [3.8, 4) is 0 Å². The molecule has 0 aliphatic carbocycles. The average molecular weight is 715 g/mol. The molecule has 262 valence electrons. The van der Waals surface area contributed by atoms with Crippen LogP contribution in [0.5, 0.6) is 0 Å². The molecule has 0 N–H and O–H groups in total. The van der Waals surface area contributed by atoms with Gasteiger partial charge in [0.2, 0.25) is 0 Å². The first-order valence-corrected chi connectivity index (χ1v) is 13.0. The van der Waals surface area contributed by atoms with Gasteiger partial charge < -0.3 is 4.74 Å². The van der Waals surface area contributed by atoms with E-state index in [2.05, 4.69) is 0 Å². The molecular weight excluding hydrogens is 693 g/mol. The number of thioether (sulfide) groups is 1. The minimum Gasteiger partial charge on any atom is -0.442 e. The van der Waals surface area contributed by atoms with Gasteiger partial charge in [0.05, 0.1) is 12.3 Å². The highest BCUT2D eigenvalue weighted by Crippen LogP contribution is 2.64. The Bertz CT molecular complexity index is 1180. The summed E-state index contributed by atoms with van der Waals surface area (Å²) < 4.78 is 233. The molecule has 0 aromatic heterocycles. The highest BCUT2D eigenvalue weighted by Gasteiger charge is 2.95. The Morgan fingerprint density at radius 1 is 0.689 bits per heavy atom. The third-order valence-electron chi connectivity index (χ3n) is 5.51. The molecule has 0 saturated heterocycles. The van der Waals surface area contributed by atoms with Crippen molar-refractivity contribution >= 4 is 23.5 Å². The van der Waals surface area contributed by atoms with E-state index in [0.717, 1.165) is 11.8 Å². The zero-order chi connectivity index (χ0) is 35.9. The molecule has 0 radical (unpaired) electrons. The van der Waals surface area contributed by atoms with E-state index >= 15 is 0 Å². The maximum atomic E-state index is 14.2. The van der Waals surface area contributed by atoms with Gasteiger partial charge in [-0.1, -0.05) is 12.1 Å². The first kappa shape index (κ1) is 40.6. The van der Waals surface area contributed by atoms with Gasteiger partial charge in [-0.25, -0.2) is 4.79 Å². The number of carbonyl (C=O) groups excluding carboxylic acids is 1. The molecule has 1 rings (SSSR count). The van der Waals surface area contributed by atoms with Crippen molar-refractivity contribution in [3.63, 3.8) is 0 Å². The molecule has 0 bridgehead atoms. The molecule has 0 saturated carbocycles. The molecule has 0 heterocycles. The van der Waals surface area contributed by atoms with Gasteiger partial charge in [-0.05, 0) is 45.6 Å². The van der Waals surface area contributed by atoms with E-state index in [4.69, 9.17) is 9.57 Å². The van der Waals surface area contributed by atoms with Crippen molar-refractivity contribution in [1.82, 2.24) is 0 Å². The molecule has 45 heavy (non-hydrogen) atoms. The molecule has 0 fully saturated rings. The third kappa shape index (κ3) is 7.29. The molecule has 22 heteroatoms. The van der Waals surface area contributed by atoms with Gasteiger partial charge in [0.1, 0.15) is 5.60 Å². The predicted octanol–water partition coefficient (Wildman–Crippen LogP) is 9.87. The number of amides is 1. The Balaban J connectivity index is 3.33. The summed E-state index contributed by atoms with van der Waals surface area (Å²) in [5.41, 5.74) is -1.36. The van der Waals surface area contributed by atoms with Crippen LogP contribution in [0, 0.1) is 0 Å². The minimum absolute atomic E-state index is 0.138. The van der Waals surface area contributed by atoms with E-state index in [1.807, 2.05) is 0 Å². The summed E-state index contributed by atoms with van der Waals surface area (Å²) in [6.45, 7) is 2.78. The number of hydrogen-bond donors (Lipinski definition) is 0. The lowest BCUT2D eigenvalue weighted by Crippen LogP contribution is -2.74. The number of para-hydroxylation sites is 1. The van der Waals surface area contributed by atoms with Gasteiger partial charge in [0, 0.05) is 11.3 Å². The number of carbonyl (C=O) groups is 1. The van der Waals surface area contributed by atoms with E-state index in [-0.39, 0.29) is 10.6 Å². The second-order valence-electron chi connectivity index (χ2n) is 10.0. The topological polar surface area (TPSA) is 38.8 Å². The van der Waals surface area contributed by atoms with Crippen LogP contribution in [0.3, 0.4) is 0 Å². The smallest absolute Gasteiger partial charge is 0.442 e. The molecule has 0 unspecified atom stereocenters. The van der Waals surface area contributed by atoms with E-state index in [0.29, 0.717) is 5.06 Å². The summed E-state index contributed by atoms with van der Waals surface area (Å²) in [4.78, 5) is 17.8. The number of ether oxygens (including phenoxy) is 1. The summed E-state index contributed by atoms with van der Waals surface area (Å²) in [7, 11) is 0. The largest absolute Gasteiger partial charge is 0.460 e. The van der Waals surface area contributed by atoms with Crippen LogP contribution < -0.4 is 5.06 Å². The lowest BCUT2D eigenvalue weighted by atomic mass is 9.88. The van der Waals surface area contributed by atoms with Gasteiger partial charge in [-0.2, -0.15) is 79.7 Å². The summed E-state index contributed by atoms with van der Waals surface area (Å²) in [6, 6.07) is 5.41. The van der Waals surface area contributed by atoms with Crippen molar-refractivity contribution in [2.24, 2.45) is 0 Å². The fraction of sp³-hybridized carbons (Fsp3) is 0.696. The van der Waals surface area contributed by atoms with Crippen molar-refractivity contribution in [1.29, 1.82) is 0 Å². The second kappa shape index (κ2) is 12.7. The van der Waals surface area contributed by atoms with Crippen LogP contribution in [-0.4, -0.2) is 72.2 Å². The van der Waals surface area contributed by atoms with E-state index in [1.165, 1.54) is 51.3 Å². The highest BCUT2D eigenvalue weighted by molar-refractivity contribution is 7.98. The van der Waals surface area contributed by atoms with E-state index in [9.17, 15) is 79.4 Å². The number of halogens is 17. The molecular formula is C23H22F17NO3S. The van der Waals surface area contributed by atoms with Crippen LogP contribution in [0.15, 0.2) is 29.2 Å². The van der Waals surface area contributed by atoms with Gasteiger partial charge in [0.15, 0.2) is 0 Å². The highest BCUT2D eigenvalue weighted by atomic mass is 32.2. The van der Waals surface area contributed by atoms with Gasteiger partial charge in [-0.3, -0.25) is 4.84 Å². The summed E-state index contributed by atoms with van der Waals surface area (Å²) in [5.74, 6) is -56.8. The molecule has 4 nitrogen and oxygen atoms in total. The lowest BCUT2D eigenvalue weighted by molar-refractivity contribution is -0.461. The fourth-order valence-corrected chi connectivity index (χ4v) is 3.70. The van der Waals surface area contributed by atoms with E-state index < -0.39 is 78.8 Å². The van der Waals surface area contributed by atoms with Gasteiger partial charge in [-0.15, -0.1) is 11.8 Å². The summed E-state index contributed by atoms with van der Waals surface area (Å²) in [6.07, 6.45) is -12.0. The van der Waals surface area contributed by atoms with E-state index in [1.54, 1.807) is 0 Å². The summed E-state index contributed by atoms with van der Waals surface area (Å²) in [5, 5.41) is 0.305. The Morgan fingerprint density at radius 2 is 1.11 bits per heavy atom. The minimum atomic E-state index is -8.69. The zero-order valence-electron chi connectivity index (χ0n) is 22.9. The number of anilines is 1. The first-order valence-electron chi connectivity index (χ1n) is 11.8. The fourth-order valence-electron chi connectivity index (χ4n) is 3.12. The molecule has 1 aromatic rings. The Morgan fingerprint density at radius 3 is 1.53 bits per heavy atom. The number of benzene rings is 1. The predicted molar refractivity (Wildman–Crippen MR) is 123 cm³/mol. The van der Waals surface area contributed by atoms with Crippen molar-refractivity contribution < 1.29 is 89.0 Å². The average Bonchev–Trinajstić information content (AvgIpc) is 2.86. The molecule has 0 aliphatic rings. The monoisotopic (exact) mass is 715 g/mol. The zero-order valence-corrected chi connectivity index (χ0v) is 23.8. The summed E-state index contributed by atoms with van der Waals surface area (Å²) >= 11 is 0.990.